The SMILES string of the molecule is CC(=O)CCC(=O)C[C@@H](CCCN=C(N)N[N+](=O)[O-])C(=O)N[C@@H](CC(C)C)B1O[C@@H]2C[C@@H]3C[C@@H](C3(C)C)[C@]2(C)O1. The van der Waals surface area contributed by atoms with Crippen molar-refractivity contribution in [3.8, 4) is 0 Å². The van der Waals surface area contributed by atoms with Crippen LogP contribution >= 0.6 is 0 Å². The number of carbonyl (C=O) groups excluding carboxylic acids is 3. The third kappa shape index (κ3) is 7.60. The molecule has 3 aliphatic carbocycles. The van der Waals surface area contributed by atoms with Crippen molar-refractivity contribution in [2.24, 2.45) is 39.8 Å². The van der Waals surface area contributed by atoms with Gasteiger partial charge in [-0.05, 0) is 69.1 Å². The molecule has 2 bridgehead atoms. The lowest BCUT2D eigenvalue weighted by Gasteiger charge is -2.64. The smallest absolute Gasteiger partial charge is 0.404 e. The Morgan fingerprint density at radius 1 is 1.20 bits per heavy atom. The van der Waals surface area contributed by atoms with Crippen LogP contribution in [0.15, 0.2) is 4.99 Å². The van der Waals surface area contributed by atoms with Crippen molar-refractivity contribution in [2.45, 2.75) is 111 Å². The standard InChI is InChI=1S/C27H46BN5O7/c1-16(2)12-23(28-39-22-15-19-14-21(26(19,4)5)27(22,6)40-28)31-24(36)18(13-20(35)10-9-17(3)34)8-7-11-30-25(29)32-33(37)38/h16,18-19,21-23H,7-15H2,1-6H3,(H,31,36)(H3,29,30,32)/t18-,19+,21+,22-,23+,27+/m1/s1. The molecule has 224 valence electrons. The van der Waals surface area contributed by atoms with Crippen LogP contribution in [0.25, 0.3) is 0 Å². The molecule has 0 spiro atoms. The van der Waals surface area contributed by atoms with E-state index in [4.69, 9.17) is 15.0 Å². The molecule has 0 radical (unpaired) electrons. The zero-order valence-electron chi connectivity index (χ0n) is 24.7. The van der Waals surface area contributed by atoms with Gasteiger partial charge in [0.2, 0.25) is 5.91 Å². The van der Waals surface area contributed by atoms with Crippen molar-refractivity contribution in [1.82, 2.24) is 10.7 Å². The van der Waals surface area contributed by atoms with Crippen molar-refractivity contribution >= 4 is 30.6 Å². The average molecular weight is 564 g/mol. The number of nitrogens with two attached hydrogens (primary N) is 1. The maximum absolute atomic E-state index is 13.6. The van der Waals surface area contributed by atoms with Crippen molar-refractivity contribution in [1.29, 1.82) is 0 Å². The number of nitro groups is 1. The lowest BCUT2D eigenvalue weighted by Crippen LogP contribution is -2.65. The molecule has 1 aliphatic heterocycles. The lowest BCUT2D eigenvalue weighted by atomic mass is 9.43. The van der Waals surface area contributed by atoms with Gasteiger partial charge in [-0.2, -0.15) is 0 Å². The summed E-state index contributed by atoms with van der Waals surface area (Å²) in [6, 6.07) is 0. The topological polar surface area (TPSA) is 175 Å². The number of hydrogen-bond acceptors (Lipinski definition) is 8. The summed E-state index contributed by atoms with van der Waals surface area (Å²) in [7, 11) is -0.580. The minimum Gasteiger partial charge on any atom is -0.404 e. The van der Waals surface area contributed by atoms with E-state index in [1.807, 2.05) is 0 Å². The number of ketones is 2. The molecule has 13 heteroatoms. The van der Waals surface area contributed by atoms with E-state index in [0.717, 1.165) is 12.8 Å². The van der Waals surface area contributed by atoms with Crippen LogP contribution in [0.4, 0.5) is 0 Å². The summed E-state index contributed by atoms with van der Waals surface area (Å²) in [5.74, 6) is -0.620. The van der Waals surface area contributed by atoms with Gasteiger partial charge in [0.25, 0.3) is 5.96 Å². The minimum absolute atomic E-state index is 0.00940. The maximum atomic E-state index is 13.6. The van der Waals surface area contributed by atoms with Gasteiger partial charge in [0, 0.05) is 31.7 Å². The largest absolute Gasteiger partial charge is 0.481 e. The fourth-order valence-electron chi connectivity index (χ4n) is 6.80. The first kappa shape index (κ1) is 32.0. The number of nitrogens with one attached hydrogen (secondary N) is 2. The first-order chi connectivity index (χ1) is 18.6. The van der Waals surface area contributed by atoms with Gasteiger partial charge in [-0.1, -0.05) is 33.1 Å². The van der Waals surface area contributed by atoms with Gasteiger partial charge in [0.1, 0.15) is 11.6 Å². The van der Waals surface area contributed by atoms with Gasteiger partial charge in [-0.25, -0.2) is 15.1 Å². The van der Waals surface area contributed by atoms with E-state index >= 15 is 0 Å². The third-order valence-corrected chi connectivity index (χ3v) is 9.15. The summed E-state index contributed by atoms with van der Waals surface area (Å²) in [6.07, 6.45) is 3.64. The molecule has 4 rings (SSSR count). The van der Waals surface area contributed by atoms with Gasteiger partial charge in [0.15, 0.2) is 5.03 Å². The Kier molecular flexibility index (Phi) is 10.4. The van der Waals surface area contributed by atoms with Crippen LogP contribution in [0.3, 0.4) is 0 Å². The number of hydrazine groups is 1. The second-order valence-corrected chi connectivity index (χ2v) is 13.0. The number of Topliss-reactive ketones (excluding diaryl/α,β-unsaturated/α-hetero) is 2. The molecule has 3 saturated carbocycles. The maximum Gasteiger partial charge on any atom is 0.481 e. The molecular formula is C27H46BN5O7. The molecule has 4 aliphatic rings. The van der Waals surface area contributed by atoms with E-state index in [1.54, 1.807) is 5.43 Å². The monoisotopic (exact) mass is 563 g/mol. The zero-order valence-corrected chi connectivity index (χ0v) is 24.7. The van der Waals surface area contributed by atoms with Crippen LogP contribution in [0.5, 0.6) is 0 Å². The molecule has 0 aromatic carbocycles. The Balaban J connectivity index is 1.69. The van der Waals surface area contributed by atoms with E-state index in [0.29, 0.717) is 31.1 Å². The molecule has 4 N–H and O–H groups in total. The number of amides is 1. The van der Waals surface area contributed by atoms with Crippen LogP contribution in [0.2, 0.25) is 0 Å². The third-order valence-electron chi connectivity index (χ3n) is 9.15. The quantitative estimate of drug-likeness (QED) is 0.0675. The Morgan fingerprint density at radius 3 is 2.50 bits per heavy atom. The molecule has 1 amide bonds. The normalized spacial score (nSPS) is 28.3. The Bertz CT molecular complexity index is 1010. The predicted octanol–water partition coefficient (Wildman–Crippen LogP) is 2.61. The molecule has 40 heavy (non-hydrogen) atoms. The highest BCUT2D eigenvalue weighted by atomic mass is 16.7. The first-order valence-electron chi connectivity index (χ1n) is 14.5. The van der Waals surface area contributed by atoms with E-state index in [-0.39, 0.29) is 72.6 Å². The van der Waals surface area contributed by atoms with Crippen molar-refractivity contribution in [3.05, 3.63) is 10.1 Å². The summed E-state index contributed by atoms with van der Waals surface area (Å²) < 4.78 is 13.1. The van der Waals surface area contributed by atoms with Crippen LogP contribution in [-0.2, 0) is 23.7 Å². The van der Waals surface area contributed by atoms with Gasteiger partial charge >= 0.3 is 7.12 Å². The highest BCUT2D eigenvalue weighted by Crippen LogP contribution is 2.65. The molecule has 0 aromatic rings. The van der Waals surface area contributed by atoms with Crippen LogP contribution in [0, 0.1) is 39.2 Å². The molecule has 1 heterocycles. The van der Waals surface area contributed by atoms with Crippen molar-refractivity contribution < 1.29 is 28.7 Å². The Hall–Kier alpha value is -2.54. The first-order valence-corrected chi connectivity index (χ1v) is 14.5. The zero-order chi connectivity index (χ0) is 29.8. The second kappa shape index (κ2) is 13.0. The van der Waals surface area contributed by atoms with Crippen LogP contribution < -0.4 is 16.5 Å². The summed E-state index contributed by atoms with van der Waals surface area (Å²) >= 11 is 0. The molecule has 0 aromatic heterocycles. The molecular weight excluding hydrogens is 517 g/mol. The second-order valence-electron chi connectivity index (χ2n) is 13.0. The van der Waals surface area contributed by atoms with Crippen molar-refractivity contribution in [2.75, 3.05) is 6.54 Å². The molecule has 6 atom stereocenters. The van der Waals surface area contributed by atoms with E-state index in [9.17, 15) is 24.5 Å². The molecule has 4 fully saturated rings. The molecule has 0 unspecified atom stereocenters. The average Bonchev–Trinajstić information content (AvgIpc) is 3.20. The van der Waals surface area contributed by atoms with Crippen LogP contribution in [0.1, 0.15) is 92.9 Å². The number of guanidine groups is 1. The number of nitrogens with zero attached hydrogens (tertiary/aromatic N) is 2. The molecule has 1 saturated heterocycles. The lowest BCUT2D eigenvalue weighted by molar-refractivity contribution is -0.525. The highest BCUT2D eigenvalue weighted by molar-refractivity contribution is 6.47. The highest BCUT2D eigenvalue weighted by Gasteiger charge is 2.68. The summed E-state index contributed by atoms with van der Waals surface area (Å²) in [4.78, 5) is 52.0. The van der Waals surface area contributed by atoms with Gasteiger partial charge in [-0.3, -0.25) is 9.59 Å². The minimum atomic E-state index is -0.800. The van der Waals surface area contributed by atoms with E-state index in [2.05, 4.69) is 44.9 Å². The Morgan fingerprint density at radius 2 is 1.90 bits per heavy atom. The summed E-state index contributed by atoms with van der Waals surface area (Å²) in [5.41, 5.74) is 7.06. The number of rotatable bonds is 15. The number of hydrogen-bond donors (Lipinski definition) is 3. The van der Waals surface area contributed by atoms with E-state index < -0.39 is 23.7 Å². The Labute approximate surface area is 237 Å². The number of aliphatic imine (C=N–C) groups is 1. The number of carbonyl (C=O) groups is 3. The van der Waals surface area contributed by atoms with Crippen molar-refractivity contribution in [3.63, 3.8) is 0 Å². The van der Waals surface area contributed by atoms with E-state index in [1.165, 1.54) is 6.92 Å². The van der Waals surface area contributed by atoms with Crippen LogP contribution in [-0.4, -0.2) is 59.8 Å². The molecule has 12 nitrogen and oxygen atoms in total. The fourth-order valence-corrected chi connectivity index (χ4v) is 6.80. The fraction of sp³-hybridized carbons (Fsp3) is 0.852. The van der Waals surface area contributed by atoms with Gasteiger partial charge in [0.05, 0.1) is 17.6 Å². The summed E-state index contributed by atoms with van der Waals surface area (Å²) in [6.45, 7) is 12.5. The summed E-state index contributed by atoms with van der Waals surface area (Å²) in [5, 5.41) is 12.9. The van der Waals surface area contributed by atoms with Gasteiger partial charge in [-0.15, -0.1) is 0 Å². The van der Waals surface area contributed by atoms with Gasteiger partial charge < -0.3 is 25.2 Å². The predicted molar refractivity (Wildman–Crippen MR) is 150 cm³/mol.